The van der Waals surface area contributed by atoms with Crippen LogP contribution in [0.1, 0.15) is 45.2 Å². The largest absolute Gasteiger partial charge is 0.497 e. The number of benzene rings is 2. The Morgan fingerprint density at radius 3 is 2.43 bits per heavy atom. The molecule has 1 aliphatic rings. The molecule has 1 aromatic heterocycles. The van der Waals surface area contributed by atoms with Crippen LogP contribution in [0.4, 0.5) is 0 Å². The van der Waals surface area contributed by atoms with Crippen LogP contribution in [0.15, 0.2) is 42.5 Å². The fourth-order valence-corrected chi connectivity index (χ4v) is 4.03. The van der Waals surface area contributed by atoms with Gasteiger partial charge in [0.2, 0.25) is 0 Å². The molecule has 0 unspecified atom stereocenters. The van der Waals surface area contributed by atoms with Gasteiger partial charge in [-0.05, 0) is 44.0 Å². The van der Waals surface area contributed by atoms with Crippen LogP contribution in [0.2, 0.25) is 0 Å². The maximum atomic E-state index is 13.0. The van der Waals surface area contributed by atoms with Crippen LogP contribution < -0.4 is 9.47 Å². The van der Waals surface area contributed by atoms with E-state index in [0.29, 0.717) is 6.42 Å². The molecule has 0 radical (unpaired) electrons. The van der Waals surface area contributed by atoms with Gasteiger partial charge in [0.05, 0.1) is 36.9 Å². The number of aryl methyl sites for hydroxylation is 2. The van der Waals surface area contributed by atoms with Gasteiger partial charge in [-0.2, -0.15) is 5.10 Å². The highest BCUT2D eigenvalue weighted by atomic mass is 16.5. The number of rotatable bonds is 4. The molecular formula is C23H24N2O3. The first-order valence-corrected chi connectivity index (χ1v) is 9.42. The van der Waals surface area contributed by atoms with Crippen molar-refractivity contribution < 1.29 is 14.3 Å². The molecule has 3 aromatic rings. The molecular weight excluding hydrogens is 352 g/mol. The van der Waals surface area contributed by atoms with Crippen molar-refractivity contribution in [3.05, 3.63) is 70.5 Å². The predicted octanol–water partition coefficient (Wildman–Crippen LogP) is 4.42. The number of methoxy groups -OCH3 is 2. The van der Waals surface area contributed by atoms with Crippen LogP contribution >= 0.6 is 0 Å². The van der Waals surface area contributed by atoms with Crippen LogP contribution in [0.3, 0.4) is 0 Å². The zero-order valence-corrected chi connectivity index (χ0v) is 16.7. The summed E-state index contributed by atoms with van der Waals surface area (Å²) >= 11 is 0. The van der Waals surface area contributed by atoms with E-state index in [0.717, 1.165) is 46.1 Å². The molecule has 144 valence electrons. The fourth-order valence-electron chi connectivity index (χ4n) is 4.03. The van der Waals surface area contributed by atoms with Crippen molar-refractivity contribution in [1.82, 2.24) is 9.78 Å². The van der Waals surface area contributed by atoms with Gasteiger partial charge in [-0.25, -0.2) is 4.68 Å². The molecule has 0 fully saturated rings. The third-order valence-electron chi connectivity index (χ3n) is 5.47. The van der Waals surface area contributed by atoms with Gasteiger partial charge >= 0.3 is 0 Å². The number of hydrogen-bond acceptors (Lipinski definition) is 4. The second-order valence-corrected chi connectivity index (χ2v) is 7.29. The number of ketones is 1. The molecule has 5 heteroatoms. The van der Waals surface area contributed by atoms with Crippen molar-refractivity contribution >= 4 is 5.78 Å². The SMILES string of the molecule is COc1ccc([C@@H]2CC(=O)c3c(C)nn(-c4ccc(C)cc4)c3C2)c(OC)c1. The normalized spacial score (nSPS) is 16.0. The summed E-state index contributed by atoms with van der Waals surface area (Å²) in [7, 11) is 3.28. The first-order chi connectivity index (χ1) is 13.5. The van der Waals surface area contributed by atoms with Gasteiger partial charge in [-0.1, -0.05) is 23.8 Å². The number of carbonyl (C=O) groups excluding carboxylic acids is 1. The summed E-state index contributed by atoms with van der Waals surface area (Å²) in [6.45, 7) is 3.97. The minimum atomic E-state index is 0.0427. The molecule has 4 rings (SSSR count). The first kappa shape index (κ1) is 18.3. The molecule has 0 amide bonds. The summed E-state index contributed by atoms with van der Waals surface area (Å²) in [4.78, 5) is 13.0. The lowest BCUT2D eigenvalue weighted by Gasteiger charge is -2.25. The Labute approximate surface area is 164 Å². The first-order valence-electron chi connectivity index (χ1n) is 9.42. The van der Waals surface area contributed by atoms with Gasteiger partial charge in [0.1, 0.15) is 11.5 Å². The van der Waals surface area contributed by atoms with E-state index in [4.69, 9.17) is 9.47 Å². The number of aromatic nitrogens is 2. The molecule has 1 atom stereocenters. The molecule has 1 heterocycles. The molecule has 1 aliphatic carbocycles. The van der Waals surface area contributed by atoms with Crippen LogP contribution in [0, 0.1) is 13.8 Å². The number of hydrogen-bond donors (Lipinski definition) is 0. The van der Waals surface area contributed by atoms with Crippen molar-refractivity contribution in [3.8, 4) is 17.2 Å². The highest BCUT2D eigenvalue weighted by molar-refractivity contribution is 6.00. The second kappa shape index (κ2) is 7.15. The molecule has 0 spiro atoms. The van der Waals surface area contributed by atoms with E-state index in [2.05, 4.69) is 24.2 Å². The minimum Gasteiger partial charge on any atom is -0.497 e. The molecule has 0 saturated carbocycles. The average molecular weight is 376 g/mol. The van der Waals surface area contributed by atoms with Gasteiger partial charge in [-0.3, -0.25) is 4.79 Å². The third-order valence-corrected chi connectivity index (χ3v) is 5.47. The van der Waals surface area contributed by atoms with Gasteiger partial charge in [0, 0.05) is 18.4 Å². The van der Waals surface area contributed by atoms with Gasteiger partial charge in [0.25, 0.3) is 0 Å². The molecule has 0 N–H and O–H groups in total. The Balaban J connectivity index is 1.78. The van der Waals surface area contributed by atoms with E-state index in [9.17, 15) is 4.79 Å². The average Bonchev–Trinajstić information content (AvgIpc) is 3.05. The summed E-state index contributed by atoms with van der Waals surface area (Å²) in [5.41, 5.74) is 5.73. The summed E-state index contributed by atoms with van der Waals surface area (Å²) in [6.07, 6.45) is 1.19. The molecule has 5 nitrogen and oxygen atoms in total. The standard InChI is InChI=1S/C23H24N2O3/c1-14-5-7-17(8-6-14)25-20-11-16(12-21(26)23(20)15(2)24-25)19-10-9-18(27-3)13-22(19)28-4/h5-10,13,16H,11-12H2,1-4H3/t16-/m0/s1. The fraction of sp³-hybridized carbons (Fsp3) is 0.304. The highest BCUT2D eigenvalue weighted by Crippen LogP contribution is 2.39. The molecule has 0 saturated heterocycles. The maximum absolute atomic E-state index is 13.0. The monoisotopic (exact) mass is 376 g/mol. The molecule has 0 aliphatic heterocycles. The van der Waals surface area contributed by atoms with Crippen LogP contribution in [-0.4, -0.2) is 29.8 Å². The molecule has 28 heavy (non-hydrogen) atoms. The lowest BCUT2D eigenvalue weighted by Crippen LogP contribution is -2.21. The van der Waals surface area contributed by atoms with Crippen molar-refractivity contribution in [2.75, 3.05) is 14.2 Å². The van der Waals surface area contributed by atoms with E-state index >= 15 is 0 Å². The molecule has 2 aromatic carbocycles. The van der Waals surface area contributed by atoms with Crippen molar-refractivity contribution in [3.63, 3.8) is 0 Å². The van der Waals surface area contributed by atoms with E-state index in [-0.39, 0.29) is 11.7 Å². The number of Topliss-reactive ketones (excluding diaryl/α,β-unsaturated/α-hetero) is 1. The number of fused-ring (bicyclic) bond motifs is 1. The Morgan fingerprint density at radius 2 is 1.75 bits per heavy atom. The zero-order valence-electron chi connectivity index (χ0n) is 16.7. The zero-order chi connectivity index (χ0) is 19.8. The minimum absolute atomic E-state index is 0.0427. The summed E-state index contributed by atoms with van der Waals surface area (Å²) < 4.78 is 12.8. The van der Waals surface area contributed by atoms with Crippen molar-refractivity contribution in [1.29, 1.82) is 0 Å². The number of nitrogens with zero attached hydrogens (tertiary/aromatic N) is 2. The second-order valence-electron chi connectivity index (χ2n) is 7.29. The van der Waals surface area contributed by atoms with Crippen LogP contribution in [0.25, 0.3) is 5.69 Å². The predicted molar refractivity (Wildman–Crippen MR) is 108 cm³/mol. The Morgan fingerprint density at radius 1 is 1.00 bits per heavy atom. The Bertz CT molecular complexity index is 1030. The van der Waals surface area contributed by atoms with E-state index in [1.807, 2.05) is 41.9 Å². The topological polar surface area (TPSA) is 53.3 Å². The Kier molecular flexibility index (Phi) is 4.67. The van der Waals surface area contributed by atoms with Crippen LogP contribution in [0.5, 0.6) is 11.5 Å². The number of ether oxygens (including phenoxy) is 2. The lowest BCUT2D eigenvalue weighted by molar-refractivity contribution is 0.0963. The maximum Gasteiger partial charge on any atom is 0.167 e. The smallest absolute Gasteiger partial charge is 0.167 e. The summed E-state index contributed by atoms with van der Waals surface area (Å²) in [5.74, 6) is 1.67. The van der Waals surface area contributed by atoms with Crippen molar-refractivity contribution in [2.45, 2.75) is 32.6 Å². The van der Waals surface area contributed by atoms with Crippen LogP contribution in [-0.2, 0) is 6.42 Å². The van der Waals surface area contributed by atoms with E-state index in [1.54, 1.807) is 14.2 Å². The summed E-state index contributed by atoms with van der Waals surface area (Å²) in [6, 6.07) is 14.0. The number of carbonyl (C=O) groups is 1. The van der Waals surface area contributed by atoms with Gasteiger partial charge in [0.15, 0.2) is 5.78 Å². The molecule has 0 bridgehead atoms. The van der Waals surface area contributed by atoms with Gasteiger partial charge in [-0.15, -0.1) is 0 Å². The van der Waals surface area contributed by atoms with E-state index < -0.39 is 0 Å². The Hall–Kier alpha value is -3.08. The quantitative estimate of drug-likeness (QED) is 0.676. The summed E-state index contributed by atoms with van der Waals surface area (Å²) in [5, 5.41) is 4.69. The van der Waals surface area contributed by atoms with E-state index in [1.165, 1.54) is 5.56 Å². The van der Waals surface area contributed by atoms with Gasteiger partial charge < -0.3 is 9.47 Å². The van der Waals surface area contributed by atoms with Crippen molar-refractivity contribution in [2.24, 2.45) is 0 Å². The lowest BCUT2D eigenvalue weighted by atomic mass is 9.81. The highest BCUT2D eigenvalue weighted by Gasteiger charge is 2.33. The third kappa shape index (κ3) is 3.07.